The van der Waals surface area contributed by atoms with Crippen molar-refractivity contribution in [1.82, 2.24) is 24.8 Å². The fraction of sp³-hybridized carbons (Fsp3) is 0.316. The number of carbonyl (C=O) groups excluding carboxylic acids is 1. The summed E-state index contributed by atoms with van der Waals surface area (Å²) < 4.78 is 5.92. The Morgan fingerprint density at radius 3 is 2.78 bits per heavy atom. The molecule has 3 heterocycles. The van der Waals surface area contributed by atoms with Gasteiger partial charge >= 0.3 is 0 Å². The van der Waals surface area contributed by atoms with Crippen LogP contribution in [0, 0.1) is 0 Å². The van der Waals surface area contributed by atoms with E-state index >= 15 is 0 Å². The standard InChI is InChI=1S/C19H20N6O2/c1-24(2)17-10-20-11-18(23-17)27-13-7-8-25(12-13)19(26)16-9-21-14-5-3-4-6-15(14)22-16/h3-6,9-11,13H,7-8,12H2,1-2H3/t13-/m1/s1. The second-order valence-corrected chi connectivity index (χ2v) is 6.63. The molecule has 0 aliphatic carbocycles. The van der Waals surface area contributed by atoms with Crippen molar-refractivity contribution >= 4 is 22.8 Å². The van der Waals surface area contributed by atoms with Gasteiger partial charge in [0.15, 0.2) is 5.82 Å². The van der Waals surface area contributed by atoms with Crippen LogP contribution in [0.4, 0.5) is 5.82 Å². The second-order valence-electron chi connectivity index (χ2n) is 6.63. The van der Waals surface area contributed by atoms with Gasteiger partial charge in [0.05, 0.1) is 36.2 Å². The molecule has 0 N–H and O–H groups in total. The smallest absolute Gasteiger partial charge is 0.274 e. The van der Waals surface area contributed by atoms with Gasteiger partial charge in [-0.15, -0.1) is 0 Å². The van der Waals surface area contributed by atoms with Gasteiger partial charge in [-0.05, 0) is 12.1 Å². The van der Waals surface area contributed by atoms with Crippen LogP contribution in [0.25, 0.3) is 11.0 Å². The molecule has 1 aliphatic heterocycles. The maximum atomic E-state index is 12.8. The topological polar surface area (TPSA) is 84.3 Å². The molecule has 4 rings (SSSR count). The van der Waals surface area contributed by atoms with Gasteiger partial charge in [0.25, 0.3) is 5.91 Å². The minimum atomic E-state index is -0.132. The lowest BCUT2D eigenvalue weighted by Gasteiger charge is -2.17. The Bertz CT molecular complexity index is 977. The molecule has 1 amide bonds. The van der Waals surface area contributed by atoms with Crippen molar-refractivity contribution in [3.05, 3.63) is 48.5 Å². The molecule has 2 aromatic heterocycles. The van der Waals surface area contributed by atoms with Crippen LogP contribution in [0.15, 0.2) is 42.9 Å². The third-order valence-corrected chi connectivity index (χ3v) is 4.45. The predicted molar refractivity (Wildman–Crippen MR) is 101 cm³/mol. The summed E-state index contributed by atoms with van der Waals surface area (Å²) in [5.41, 5.74) is 1.84. The van der Waals surface area contributed by atoms with Gasteiger partial charge in [-0.2, -0.15) is 4.98 Å². The Morgan fingerprint density at radius 1 is 1.15 bits per heavy atom. The third-order valence-electron chi connectivity index (χ3n) is 4.45. The summed E-state index contributed by atoms with van der Waals surface area (Å²) in [6.45, 7) is 1.10. The fourth-order valence-corrected chi connectivity index (χ4v) is 3.01. The number of rotatable bonds is 4. The first-order valence-corrected chi connectivity index (χ1v) is 8.77. The molecule has 8 nitrogen and oxygen atoms in total. The van der Waals surface area contributed by atoms with Crippen LogP contribution in [-0.4, -0.2) is 64.0 Å². The van der Waals surface area contributed by atoms with Crippen LogP contribution in [0.5, 0.6) is 5.88 Å². The van der Waals surface area contributed by atoms with Crippen molar-refractivity contribution in [2.24, 2.45) is 0 Å². The van der Waals surface area contributed by atoms with Crippen molar-refractivity contribution in [1.29, 1.82) is 0 Å². The number of aromatic nitrogens is 4. The molecule has 8 heteroatoms. The van der Waals surface area contributed by atoms with Crippen LogP contribution >= 0.6 is 0 Å². The molecule has 1 aliphatic rings. The van der Waals surface area contributed by atoms with Gasteiger partial charge in [0, 0.05) is 27.1 Å². The Hall–Kier alpha value is -3.29. The van der Waals surface area contributed by atoms with E-state index in [2.05, 4.69) is 19.9 Å². The molecule has 1 atom stereocenters. The number of para-hydroxylation sites is 2. The minimum absolute atomic E-state index is 0.117. The quantitative estimate of drug-likeness (QED) is 0.698. The van der Waals surface area contributed by atoms with Crippen molar-refractivity contribution in [3.8, 4) is 5.88 Å². The summed E-state index contributed by atoms with van der Waals surface area (Å²) in [5.74, 6) is 1.06. The Kier molecular flexibility index (Phi) is 4.53. The molecule has 1 fully saturated rings. The zero-order valence-corrected chi connectivity index (χ0v) is 15.2. The summed E-state index contributed by atoms with van der Waals surface area (Å²) in [6, 6.07) is 7.51. The number of fused-ring (bicyclic) bond motifs is 1. The van der Waals surface area contributed by atoms with E-state index in [4.69, 9.17) is 4.74 Å². The summed E-state index contributed by atoms with van der Waals surface area (Å²) >= 11 is 0. The van der Waals surface area contributed by atoms with Crippen LogP contribution < -0.4 is 9.64 Å². The number of likely N-dealkylation sites (tertiary alicyclic amines) is 1. The fourth-order valence-electron chi connectivity index (χ4n) is 3.01. The van der Waals surface area contributed by atoms with Crippen molar-refractivity contribution in [2.45, 2.75) is 12.5 Å². The third kappa shape index (κ3) is 3.64. The van der Waals surface area contributed by atoms with E-state index in [1.165, 1.54) is 6.20 Å². The van der Waals surface area contributed by atoms with E-state index in [9.17, 15) is 4.79 Å². The van der Waals surface area contributed by atoms with E-state index < -0.39 is 0 Å². The predicted octanol–water partition coefficient (Wildman–Crippen LogP) is 1.78. The zero-order valence-electron chi connectivity index (χ0n) is 15.2. The van der Waals surface area contributed by atoms with Gasteiger partial charge in [0.1, 0.15) is 11.8 Å². The number of anilines is 1. The van der Waals surface area contributed by atoms with Gasteiger partial charge in [-0.3, -0.25) is 14.8 Å². The monoisotopic (exact) mass is 364 g/mol. The highest BCUT2D eigenvalue weighted by Crippen LogP contribution is 2.20. The number of ether oxygens (including phenoxy) is 1. The lowest BCUT2D eigenvalue weighted by atomic mass is 10.3. The molecular weight excluding hydrogens is 344 g/mol. The lowest BCUT2D eigenvalue weighted by molar-refractivity contribution is 0.0765. The first kappa shape index (κ1) is 17.1. The average Bonchev–Trinajstić information content (AvgIpc) is 3.15. The highest BCUT2D eigenvalue weighted by Gasteiger charge is 2.29. The molecule has 27 heavy (non-hydrogen) atoms. The molecule has 3 aromatic rings. The minimum Gasteiger partial charge on any atom is -0.471 e. The Morgan fingerprint density at radius 2 is 1.96 bits per heavy atom. The molecule has 1 aromatic carbocycles. The highest BCUT2D eigenvalue weighted by atomic mass is 16.5. The number of benzene rings is 1. The van der Waals surface area contributed by atoms with Crippen LogP contribution in [0.1, 0.15) is 16.9 Å². The molecule has 0 bridgehead atoms. The second kappa shape index (κ2) is 7.14. The Balaban J connectivity index is 1.44. The molecule has 0 spiro atoms. The normalized spacial score (nSPS) is 16.5. The highest BCUT2D eigenvalue weighted by molar-refractivity contribution is 5.94. The maximum Gasteiger partial charge on any atom is 0.274 e. The zero-order chi connectivity index (χ0) is 18.8. The lowest BCUT2D eigenvalue weighted by Crippen LogP contribution is -2.31. The maximum absolute atomic E-state index is 12.8. The number of hydrogen-bond donors (Lipinski definition) is 0. The van der Waals surface area contributed by atoms with Crippen LogP contribution in [-0.2, 0) is 0 Å². The molecule has 138 valence electrons. The van der Waals surface area contributed by atoms with E-state index in [-0.39, 0.29) is 12.0 Å². The van der Waals surface area contributed by atoms with E-state index in [0.717, 1.165) is 17.8 Å². The number of carbonyl (C=O) groups is 1. The summed E-state index contributed by atoms with van der Waals surface area (Å²) in [7, 11) is 3.79. The summed E-state index contributed by atoms with van der Waals surface area (Å²) in [4.78, 5) is 33.7. The molecule has 0 unspecified atom stereocenters. The molecule has 0 saturated carbocycles. The number of hydrogen-bond acceptors (Lipinski definition) is 7. The van der Waals surface area contributed by atoms with Crippen molar-refractivity contribution in [2.75, 3.05) is 32.1 Å². The SMILES string of the molecule is CN(C)c1cncc(O[C@@H]2CCN(C(=O)c3cnc4ccccc4n3)C2)n1. The summed E-state index contributed by atoms with van der Waals surface area (Å²) in [6.07, 6.45) is 5.42. The number of amides is 1. The van der Waals surface area contributed by atoms with Crippen molar-refractivity contribution in [3.63, 3.8) is 0 Å². The van der Waals surface area contributed by atoms with Crippen LogP contribution in [0.2, 0.25) is 0 Å². The van der Waals surface area contributed by atoms with E-state index in [1.807, 2.05) is 43.3 Å². The largest absolute Gasteiger partial charge is 0.471 e. The number of nitrogens with zero attached hydrogens (tertiary/aromatic N) is 6. The van der Waals surface area contributed by atoms with E-state index in [1.54, 1.807) is 17.3 Å². The van der Waals surface area contributed by atoms with Gasteiger partial charge in [-0.25, -0.2) is 4.98 Å². The average molecular weight is 364 g/mol. The first-order valence-electron chi connectivity index (χ1n) is 8.77. The molecule has 0 radical (unpaired) electrons. The van der Waals surface area contributed by atoms with Gasteiger partial charge in [0.2, 0.25) is 5.88 Å². The summed E-state index contributed by atoms with van der Waals surface area (Å²) in [5, 5.41) is 0. The molecule has 1 saturated heterocycles. The Labute approximate surface area is 156 Å². The van der Waals surface area contributed by atoms with Gasteiger partial charge in [-0.1, -0.05) is 12.1 Å². The first-order chi connectivity index (χ1) is 13.1. The van der Waals surface area contributed by atoms with E-state index in [0.29, 0.717) is 30.2 Å². The van der Waals surface area contributed by atoms with Crippen LogP contribution in [0.3, 0.4) is 0 Å². The molecular formula is C19H20N6O2. The van der Waals surface area contributed by atoms with Gasteiger partial charge < -0.3 is 14.5 Å². The van der Waals surface area contributed by atoms with Crippen molar-refractivity contribution < 1.29 is 9.53 Å².